The molecule has 1 aliphatic rings. The summed E-state index contributed by atoms with van der Waals surface area (Å²) >= 11 is 5.06. The van der Waals surface area contributed by atoms with Crippen LogP contribution in [0.2, 0.25) is 0 Å². The smallest absolute Gasteiger partial charge is 0.150 e. The second-order valence-electron chi connectivity index (χ2n) is 4.45. The second-order valence-corrected chi connectivity index (χ2v) is 8.55. The van der Waals surface area contributed by atoms with Crippen molar-refractivity contribution in [1.29, 1.82) is 0 Å². The zero-order valence-electron chi connectivity index (χ0n) is 8.78. The van der Waals surface area contributed by atoms with Crippen molar-refractivity contribution in [3.05, 3.63) is 20.8 Å². The lowest BCUT2D eigenvalue weighted by Crippen LogP contribution is -2.33. The Labute approximate surface area is 108 Å². The van der Waals surface area contributed by atoms with Crippen LogP contribution in [0.3, 0.4) is 0 Å². The Hall–Kier alpha value is 0.0900. The third-order valence-corrected chi connectivity index (χ3v) is 6.65. The van der Waals surface area contributed by atoms with Crippen LogP contribution < -0.4 is 5.73 Å². The molecule has 1 saturated heterocycles. The maximum Gasteiger partial charge on any atom is 0.150 e. The summed E-state index contributed by atoms with van der Waals surface area (Å²) in [5.41, 5.74) is 5.54. The van der Waals surface area contributed by atoms with Crippen LogP contribution in [0.1, 0.15) is 11.3 Å². The van der Waals surface area contributed by atoms with E-state index in [1.807, 2.05) is 11.4 Å². The van der Waals surface area contributed by atoms with Crippen molar-refractivity contribution in [2.75, 3.05) is 18.1 Å². The summed E-state index contributed by atoms with van der Waals surface area (Å²) in [7, 11) is -2.87. The summed E-state index contributed by atoms with van der Waals surface area (Å²) in [6.45, 7) is 0.446. The Morgan fingerprint density at radius 1 is 1.56 bits per heavy atom. The minimum Gasteiger partial charge on any atom is -0.330 e. The molecule has 1 fully saturated rings. The molecule has 0 amide bonds. The van der Waals surface area contributed by atoms with Gasteiger partial charge in [0.1, 0.15) is 0 Å². The fourth-order valence-corrected chi connectivity index (χ4v) is 5.98. The maximum atomic E-state index is 11.5. The maximum absolute atomic E-state index is 11.5. The van der Waals surface area contributed by atoms with Crippen molar-refractivity contribution in [2.24, 2.45) is 11.1 Å². The van der Waals surface area contributed by atoms with Gasteiger partial charge >= 0.3 is 0 Å². The topological polar surface area (TPSA) is 60.2 Å². The van der Waals surface area contributed by atoms with Crippen LogP contribution in [0.5, 0.6) is 0 Å². The normalized spacial score (nSPS) is 28.4. The molecule has 0 spiro atoms. The highest BCUT2D eigenvalue weighted by molar-refractivity contribution is 9.10. The van der Waals surface area contributed by atoms with Gasteiger partial charge in [-0.05, 0) is 41.4 Å². The Morgan fingerprint density at radius 3 is 2.75 bits per heavy atom. The zero-order chi connectivity index (χ0) is 11.8. The summed E-state index contributed by atoms with van der Waals surface area (Å²) in [5, 5.41) is 2.02. The molecule has 0 aliphatic carbocycles. The van der Waals surface area contributed by atoms with E-state index in [1.165, 1.54) is 4.88 Å². The molecular weight excluding hydrogens is 310 g/mol. The molecule has 1 aliphatic heterocycles. The van der Waals surface area contributed by atoms with Crippen LogP contribution in [0.15, 0.2) is 15.9 Å². The van der Waals surface area contributed by atoms with E-state index in [0.717, 1.165) is 10.9 Å². The molecule has 16 heavy (non-hydrogen) atoms. The first kappa shape index (κ1) is 12.5. The molecule has 0 bridgehead atoms. The van der Waals surface area contributed by atoms with Gasteiger partial charge in [-0.25, -0.2) is 8.42 Å². The number of halogens is 1. The molecule has 1 atom stereocenters. The molecule has 90 valence electrons. The van der Waals surface area contributed by atoms with Gasteiger partial charge in [0, 0.05) is 20.1 Å². The van der Waals surface area contributed by atoms with Gasteiger partial charge in [0.15, 0.2) is 9.84 Å². The fourth-order valence-electron chi connectivity index (χ4n) is 2.17. The van der Waals surface area contributed by atoms with Crippen LogP contribution in [-0.4, -0.2) is 26.5 Å². The third kappa shape index (κ3) is 2.67. The van der Waals surface area contributed by atoms with Gasteiger partial charge < -0.3 is 5.73 Å². The van der Waals surface area contributed by atoms with Crippen LogP contribution in [0.4, 0.5) is 0 Å². The monoisotopic (exact) mass is 323 g/mol. The van der Waals surface area contributed by atoms with Gasteiger partial charge in [-0.2, -0.15) is 0 Å². The van der Waals surface area contributed by atoms with Gasteiger partial charge in [-0.1, -0.05) is 0 Å². The Bertz CT molecular complexity index is 483. The van der Waals surface area contributed by atoms with E-state index in [-0.39, 0.29) is 16.9 Å². The molecule has 1 aromatic rings. The molecule has 3 nitrogen and oxygen atoms in total. The molecule has 0 radical (unpaired) electrons. The van der Waals surface area contributed by atoms with Crippen molar-refractivity contribution in [3.63, 3.8) is 0 Å². The lowest BCUT2D eigenvalue weighted by molar-refractivity contribution is 0.347. The summed E-state index contributed by atoms with van der Waals surface area (Å²) in [6, 6.07) is 2.05. The first-order valence-corrected chi connectivity index (χ1v) is 8.58. The molecule has 2 heterocycles. The third-order valence-electron chi connectivity index (χ3n) is 3.07. The average molecular weight is 324 g/mol. The summed E-state index contributed by atoms with van der Waals surface area (Å²) < 4.78 is 24.1. The van der Waals surface area contributed by atoms with Crippen molar-refractivity contribution >= 4 is 37.1 Å². The molecular formula is C10H14BrNO2S2. The number of nitrogens with two attached hydrogens (primary N) is 1. The van der Waals surface area contributed by atoms with Crippen LogP contribution in [-0.2, 0) is 16.3 Å². The summed E-state index contributed by atoms with van der Waals surface area (Å²) in [5.74, 6) is 0.531. The molecule has 0 saturated carbocycles. The number of hydrogen-bond donors (Lipinski definition) is 1. The highest BCUT2D eigenvalue weighted by Crippen LogP contribution is 2.36. The van der Waals surface area contributed by atoms with Crippen LogP contribution >= 0.6 is 27.3 Å². The minimum atomic E-state index is -2.87. The minimum absolute atomic E-state index is 0.233. The van der Waals surface area contributed by atoms with Gasteiger partial charge in [-0.15, -0.1) is 11.3 Å². The van der Waals surface area contributed by atoms with Crippen molar-refractivity contribution < 1.29 is 8.42 Å². The standard InChI is InChI=1S/C10H14BrNO2S2/c11-8-3-9(15-5-8)4-10(6-12)1-2-16(13,14)7-10/h3,5H,1-2,4,6-7,12H2. The van der Waals surface area contributed by atoms with Crippen molar-refractivity contribution in [1.82, 2.24) is 0 Å². The number of rotatable bonds is 3. The Balaban J connectivity index is 2.18. The predicted octanol–water partition coefficient (Wildman–Crippen LogP) is 1.82. The number of sulfone groups is 1. The van der Waals surface area contributed by atoms with E-state index < -0.39 is 9.84 Å². The average Bonchev–Trinajstić information content (AvgIpc) is 2.72. The number of hydrogen-bond acceptors (Lipinski definition) is 4. The van der Waals surface area contributed by atoms with Gasteiger partial charge in [-0.3, -0.25) is 0 Å². The molecule has 0 aromatic carbocycles. The molecule has 2 rings (SSSR count). The van der Waals surface area contributed by atoms with Gasteiger partial charge in [0.05, 0.1) is 11.5 Å². The highest BCUT2D eigenvalue weighted by Gasteiger charge is 2.41. The van der Waals surface area contributed by atoms with Gasteiger partial charge in [0.25, 0.3) is 0 Å². The summed E-state index contributed by atoms with van der Waals surface area (Å²) in [4.78, 5) is 1.20. The van der Waals surface area contributed by atoms with E-state index in [2.05, 4.69) is 15.9 Å². The Morgan fingerprint density at radius 2 is 2.31 bits per heavy atom. The lowest BCUT2D eigenvalue weighted by Gasteiger charge is -2.24. The van der Waals surface area contributed by atoms with Crippen molar-refractivity contribution in [2.45, 2.75) is 12.8 Å². The van der Waals surface area contributed by atoms with E-state index >= 15 is 0 Å². The first-order valence-electron chi connectivity index (χ1n) is 5.08. The Kier molecular flexibility index (Phi) is 3.45. The molecule has 2 N–H and O–H groups in total. The van der Waals surface area contributed by atoms with E-state index in [0.29, 0.717) is 13.0 Å². The van der Waals surface area contributed by atoms with Crippen LogP contribution in [0.25, 0.3) is 0 Å². The lowest BCUT2D eigenvalue weighted by atomic mass is 9.83. The largest absolute Gasteiger partial charge is 0.330 e. The van der Waals surface area contributed by atoms with E-state index in [9.17, 15) is 8.42 Å². The van der Waals surface area contributed by atoms with E-state index in [1.54, 1.807) is 11.3 Å². The molecule has 6 heteroatoms. The van der Waals surface area contributed by atoms with Crippen molar-refractivity contribution in [3.8, 4) is 0 Å². The molecule has 1 unspecified atom stereocenters. The summed E-state index contributed by atoms with van der Waals surface area (Å²) in [6.07, 6.45) is 1.47. The quantitative estimate of drug-likeness (QED) is 0.922. The first-order chi connectivity index (χ1) is 7.45. The SMILES string of the molecule is NCC1(Cc2cc(Br)cs2)CCS(=O)(=O)C1. The zero-order valence-corrected chi connectivity index (χ0v) is 12.0. The second kappa shape index (κ2) is 4.40. The number of thiophene rings is 1. The van der Waals surface area contributed by atoms with Gasteiger partial charge in [0.2, 0.25) is 0 Å². The van der Waals surface area contributed by atoms with E-state index in [4.69, 9.17) is 5.73 Å². The highest BCUT2D eigenvalue weighted by atomic mass is 79.9. The predicted molar refractivity (Wildman–Crippen MR) is 70.5 cm³/mol. The molecule has 1 aromatic heterocycles. The van der Waals surface area contributed by atoms with Crippen LogP contribution in [0, 0.1) is 5.41 Å². The fraction of sp³-hybridized carbons (Fsp3) is 0.600.